The summed E-state index contributed by atoms with van der Waals surface area (Å²) in [6.45, 7) is 5.67. The molecule has 0 bridgehead atoms. The Morgan fingerprint density at radius 3 is 2.30 bits per heavy atom. The third-order valence-electron chi connectivity index (χ3n) is 1.55. The Kier molecular flexibility index (Phi) is 1.79. The Morgan fingerprint density at radius 2 is 2.10 bits per heavy atom. The zero-order valence-electron chi connectivity index (χ0n) is 6.44. The van der Waals surface area contributed by atoms with Crippen LogP contribution in [-0.2, 0) is 0 Å². The van der Waals surface area contributed by atoms with Gasteiger partial charge in [0.1, 0.15) is 12.0 Å². The number of halogens is 1. The number of hydrogen-bond donors (Lipinski definition) is 0. The van der Waals surface area contributed by atoms with Crippen molar-refractivity contribution in [3.63, 3.8) is 0 Å². The lowest BCUT2D eigenvalue weighted by Crippen LogP contribution is -1.89. The van der Waals surface area contributed by atoms with Gasteiger partial charge in [0.25, 0.3) is 0 Å². The molecule has 1 aromatic heterocycles. The van der Waals surface area contributed by atoms with E-state index in [0.717, 1.165) is 6.26 Å². The molecule has 1 aromatic rings. The van der Waals surface area contributed by atoms with Crippen LogP contribution in [0.1, 0.15) is 31.1 Å². The summed E-state index contributed by atoms with van der Waals surface area (Å²) in [5.74, 6) is 0.666. The second-order valence-corrected chi connectivity index (χ2v) is 2.71. The van der Waals surface area contributed by atoms with Crippen molar-refractivity contribution in [1.82, 2.24) is 0 Å². The van der Waals surface area contributed by atoms with E-state index in [0.29, 0.717) is 11.3 Å². The van der Waals surface area contributed by atoms with E-state index in [4.69, 9.17) is 4.42 Å². The van der Waals surface area contributed by atoms with Crippen molar-refractivity contribution in [1.29, 1.82) is 0 Å². The number of furan rings is 1. The van der Waals surface area contributed by atoms with Crippen molar-refractivity contribution in [3.05, 3.63) is 23.4 Å². The Morgan fingerprint density at radius 1 is 1.50 bits per heavy atom. The Labute approximate surface area is 59.9 Å². The van der Waals surface area contributed by atoms with E-state index in [2.05, 4.69) is 0 Å². The number of hydrogen-bond acceptors (Lipinski definition) is 1. The van der Waals surface area contributed by atoms with Crippen LogP contribution >= 0.6 is 0 Å². The molecular formula is C8H11FO. The van der Waals surface area contributed by atoms with Gasteiger partial charge in [0.2, 0.25) is 0 Å². The zero-order valence-corrected chi connectivity index (χ0v) is 6.44. The Bertz CT molecular complexity index is 206. The molecule has 1 rings (SSSR count). The molecule has 0 atom stereocenters. The first kappa shape index (κ1) is 7.32. The Balaban J connectivity index is 3.10. The molecule has 0 fully saturated rings. The molecular weight excluding hydrogens is 131 g/mol. The summed E-state index contributed by atoms with van der Waals surface area (Å²) in [5, 5.41) is 0. The summed E-state index contributed by atoms with van der Waals surface area (Å²) in [4.78, 5) is 0. The summed E-state index contributed by atoms with van der Waals surface area (Å²) in [7, 11) is 0. The highest BCUT2D eigenvalue weighted by atomic mass is 19.1. The first-order chi connectivity index (χ1) is 4.63. The highest BCUT2D eigenvalue weighted by Gasteiger charge is 2.12. The molecule has 1 nitrogen and oxygen atoms in total. The molecule has 0 saturated carbocycles. The van der Waals surface area contributed by atoms with Crippen molar-refractivity contribution in [2.24, 2.45) is 0 Å². The molecule has 0 saturated heterocycles. The summed E-state index contributed by atoms with van der Waals surface area (Å²) in [6, 6.07) is 0. The molecule has 0 radical (unpaired) electrons. The van der Waals surface area contributed by atoms with Crippen LogP contribution in [0.2, 0.25) is 0 Å². The molecule has 0 spiro atoms. The lowest BCUT2D eigenvalue weighted by Gasteiger charge is -2.00. The zero-order chi connectivity index (χ0) is 7.72. The van der Waals surface area contributed by atoms with E-state index in [1.165, 1.54) is 0 Å². The molecule has 56 valence electrons. The van der Waals surface area contributed by atoms with Crippen molar-refractivity contribution in [2.45, 2.75) is 26.7 Å². The van der Waals surface area contributed by atoms with Crippen LogP contribution in [-0.4, -0.2) is 0 Å². The van der Waals surface area contributed by atoms with Gasteiger partial charge in [-0.05, 0) is 12.8 Å². The van der Waals surface area contributed by atoms with Crippen molar-refractivity contribution in [3.8, 4) is 0 Å². The maximum Gasteiger partial charge on any atom is 0.165 e. The van der Waals surface area contributed by atoms with E-state index in [1.807, 2.05) is 13.8 Å². The van der Waals surface area contributed by atoms with Crippen LogP contribution in [0, 0.1) is 12.7 Å². The average Bonchev–Trinajstić information content (AvgIpc) is 2.11. The molecule has 0 N–H and O–H groups in total. The lowest BCUT2D eigenvalue weighted by molar-refractivity contribution is 0.510. The molecule has 0 unspecified atom stereocenters. The van der Waals surface area contributed by atoms with Gasteiger partial charge < -0.3 is 4.42 Å². The van der Waals surface area contributed by atoms with Crippen molar-refractivity contribution >= 4 is 0 Å². The maximum absolute atomic E-state index is 12.8. The predicted octanol–water partition coefficient (Wildman–Crippen LogP) is 2.85. The highest BCUT2D eigenvalue weighted by molar-refractivity contribution is 5.21. The molecule has 0 aliphatic carbocycles. The lowest BCUT2D eigenvalue weighted by atomic mass is 10.0. The minimum atomic E-state index is -0.229. The SMILES string of the molecule is Cc1occ(F)c1C(C)C. The molecule has 1 heterocycles. The third-order valence-corrected chi connectivity index (χ3v) is 1.55. The fourth-order valence-electron chi connectivity index (χ4n) is 1.12. The van der Waals surface area contributed by atoms with Crippen LogP contribution in [0.3, 0.4) is 0 Å². The van der Waals surface area contributed by atoms with E-state index in [1.54, 1.807) is 6.92 Å². The van der Waals surface area contributed by atoms with E-state index in [9.17, 15) is 4.39 Å². The molecule has 0 amide bonds. The van der Waals surface area contributed by atoms with Gasteiger partial charge in [0, 0.05) is 5.56 Å². The van der Waals surface area contributed by atoms with Crippen molar-refractivity contribution < 1.29 is 8.81 Å². The van der Waals surface area contributed by atoms with E-state index >= 15 is 0 Å². The summed E-state index contributed by atoms with van der Waals surface area (Å²) < 4.78 is 17.6. The fraction of sp³-hybridized carbons (Fsp3) is 0.500. The summed E-state index contributed by atoms with van der Waals surface area (Å²) in [6.07, 6.45) is 1.16. The van der Waals surface area contributed by atoms with Gasteiger partial charge in [-0.25, -0.2) is 4.39 Å². The largest absolute Gasteiger partial charge is 0.466 e. The first-order valence-corrected chi connectivity index (χ1v) is 3.36. The number of rotatable bonds is 1. The standard InChI is InChI=1S/C8H11FO/c1-5(2)8-6(3)10-4-7(8)9/h4-5H,1-3H3. The van der Waals surface area contributed by atoms with Gasteiger partial charge >= 0.3 is 0 Å². The monoisotopic (exact) mass is 142 g/mol. The van der Waals surface area contributed by atoms with Crippen LogP contribution in [0.5, 0.6) is 0 Å². The van der Waals surface area contributed by atoms with Gasteiger partial charge in [-0.1, -0.05) is 13.8 Å². The normalized spacial score (nSPS) is 10.9. The van der Waals surface area contributed by atoms with Crippen LogP contribution in [0.25, 0.3) is 0 Å². The predicted molar refractivity (Wildman–Crippen MR) is 37.5 cm³/mol. The molecule has 0 aliphatic heterocycles. The van der Waals surface area contributed by atoms with Gasteiger partial charge in [-0.2, -0.15) is 0 Å². The minimum Gasteiger partial charge on any atom is -0.466 e. The Hall–Kier alpha value is -0.790. The van der Waals surface area contributed by atoms with Gasteiger partial charge in [0.05, 0.1) is 0 Å². The topological polar surface area (TPSA) is 13.1 Å². The van der Waals surface area contributed by atoms with Crippen LogP contribution < -0.4 is 0 Å². The minimum absolute atomic E-state index is 0.207. The smallest absolute Gasteiger partial charge is 0.165 e. The van der Waals surface area contributed by atoms with Gasteiger partial charge in [0.15, 0.2) is 5.82 Å². The molecule has 10 heavy (non-hydrogen) atoms. The third kappa shape index (κ3) is 1.06. The molecule has 0 aromatic carbocycles. The molecule has 0 aliphatic rings. The first-order valence-electron chi connectivity index (χ1n) is 3.36. The highest BCUT2D eigenvalue weighted by Crippen LogP contribution is 2.23. The summed E-state index contributed by atoms with van der Waals surface area (Å²) >= 11 is 0. The van der Waals surface area contributed by atoms with Crippen molar-refractivity contribution in [2.75, 3.05) is 0 Å². The molecule has 2 heteroatoms. The average molecular weight is 142 g/mol. The summed E-state index contributed by atoms with van der Waals surface area (Å²) in [5.41, 5.74) is 0.694. The maximum atomic E-state index is 12.8. The van der Waals surface area contributed by atoms with Gasteiger partial charge in [-0.3, -0.25) is 0 Å². The van der Waals surface area contributed by atoms with Crippen LogP contribution in [0.4, 0.5) is 4.39 Å². The second kappa shape index (κ2) is 2.45. The van der Waals surface area contributed by atoms with Gasteiger partial charge in [-0.15, -0.1) is 0 Å². The van der Waals surface area contributed by atoms with E-state index < -0.39 is 0 Å². The van der Waals surface area contributed by atoms with Crippen LogP contribution in [0.15, 0.2) is 10.7 Å². The quantitative estimate of drug-likeness (QED) is 0.587. The number of aryl methyl sites for hydroxylation is 1. The van der Waals surface area contributed by atoms with E-state index in [-0.39, 0.29) is 11.7 Å². The fourth-order valence-corrected chi connectivity index (χ4v) is 1.12. The second-order valence-electron chi connectivity index (χ2n) is 2.71.